The molecule has 6 nitrogen and oxygen atoms in total. The molecule has 3 rings (SSSR count). The standard InChI is InChI=1S/C10H9N5OS2/c11-12-9-7(13-14-18-9)5-15-3-1-8-6(10(15)16)2-4-17-8/h1-4,12H,5,11H2. The maximum atomic E-state index is 12.2. The zero-order valence-electron chi connectivity index (χ0n) is 9.16. The molecule has 0 radical (unpaired) electrons. The fourth-order valence-corrected chi connectivity index (χ4v) is 2.97. The van der Waals surface area contributed by atoms with Gasteiger partial charge in [0.15, 0.2) is 0 Å². The number of hydrogen-bond acceptors (Lipinski definition) is 7. The molecule has 18 heavy (non-hydrogen) atoms. The molecular formula is C10H9N5OS2. The molecule has 0 spiro atoms. The topological polar surface area (TPSA) is 85.8 Å². The first-order valence-corrected chi connectivity index (χ1v) is 6.79. The summed E-state index contributed by atoms with van der Waals surface area (Å²) in [6, 6.07) is 3.76. The predicted octanol–water partition coefficient (Wildman–Crippen LogP) is 1.25. The van der Waals surface area contributed by atoms with E-state index in [-0.39, 0.29) is 5.56 Å². The molecule has 0 amide bonds. The molecule has 0 aliphatic rings. The van der Waals surface area contributed by atoms with Gasteiger partial charge in [-0.2, -0.15) is 0 Å². The number of nitrogens with two attached hydrogens (primary N) is 1. The molecule has 3 heterocycles. The number of nitrogens with zero attached hydrogens (tertiary/aromatic N) is 3. The minimum atomic E-state index is -0.0234. The number of hydrogen-bond donors (Lipinski definition) is 2. The second kappa shape index (κ2) is 4.48. The van der Waals surface area contributed by atoms with Crippen LogP contribution in [0.1, 0.15) is 5.69 Å². The van der Waals surface area contributed by atoms with Crippen molar-refractivity contribution in [3.8, 4) is 0 Å². The predicted molar refractivity (Wildman–Crippen MR) is 72.9 cm³/mol. The van der Waals surface area contributed by atoms with Gasteiger partial charge in [0.1, 0.15) is 10.7 Å². The average Bonchev–Trinajstić information content (AvgIpc) is 3.01. The Balaban J connectivity index is 2.05. The maximum absolute atomic E-state index is 12.2. The van der Waals surface area contributed by atoms with Gasteiger partial charge in [0.25, 0.3) is 5.56 Å². The average molecular weight is 279 g/mol. The Hall–Kier alpha value is -1.77. The van der Waals surface area contributed by atoms with Crippen molar-refractivity contribution in [1.29, 1.82) is 0 Å². The fraction of sp³-hybridized carbons (Fsp3) is 0.100. The minimum Gasteiger partial charge on any atom is -0.313 e. The third-order valence-corrected chi connectivity index (χ3v) is 4.18. The first-order valence-electron chi connectivity index (χ1n) is 5.14. The van der Waals surface area contributed by atoms with Gasteiger partial charge < -0.3 is 9.99 Å². The summed E-state index contributed by atoms with van der Waals surface area (Å²) in [7, 11) is 0. The zero-order chi connectivity index (χ0) is 12.5. The van der Waals surface area contributed by atoms with Crippen molar-refractivity contribution in [2.45, 2.75) is 6.54 Å². The first-order chi connectivity index (χ1) is 8.79. The van der Waals surface area contributed by atoms with E-state index in [1.165, 1.54) is 11.5 Å². The van der Waals surface area contributed by atoms with E-state index in [2.05, 4.69) is 15.0 Å². The van der Waals surface area contributed by atoms with Crippen LogP contribution in [0.4, 0.5) is 5.00 Å². The molecule has 3 aromatic heterocycles. The second-order valence-corrected chi connectivity index (χ2v) is 5.34. The van der Waals surface area contributed by atoms with Gasteiger partial charge in [-0.15, -0.1) is 16.4 Å². The van der Waals surface area contributed by atoms with Crippen molar-refractivity contribution in [2.24, 2.45) is 5.84 Å². The van der Waals surface area contributed by atoms with Gasteiger partial charge in [0, 0.05) is 22.4 Å². The summed E-state index contributed by atoms with van der Waals surface area (Å²) >= 11 is 2.72. The van der Waals surface area contributed by atoms with Gasteiger partial charge in [-0.25, -0.2) is 5.84 Å². The fourth-order valence-electron chi connectivity index (χ4n) is 1.71. The highest BCUT2D eigenvalue weighted by atomic mass is 32.1. The molecule has 0 atom stereocenters. The van der Waals surface area contributed by atoms with E-state index in [0.29, 0.717) is 17.2 Å². The summed E-state index contributed by atoms with van der Waals surface area (Å²) in [5, 5.41) is 7.27. The Morgan fingerprint density at radius 1 is 1.44 bits per heavy atom. The smallest absolute Gasteiger partial charge is 0.259 e. The molecule has 8 heteroatoms. The van der Waals surface area contributed by atoms with Crippen LogP contribution in [-0.2, 0) is 6.54 Å². The lowest BCUT2D eigenvalue weighted by atomic mass is 10.3. The van der Waals surface area contributed by atoms with Crippen molar-refractivity contribution in [2.75, 3.05) is 5.43 Å². The van der Waals surface area contributed by atoms with E-state index in [9.17, 15) is 4.79 Å². The summed E-state index contributed by atoms with van der Waals surface area (Å²) in [6.07, 6.45) is 1.76. The maximum Gasteiger partial charge on any atom is 0.259 e. The van der Waals surface area contributed by atoms with Gasteiger partial charge >= 0.3 is 0 Å². The van der Waals surface area contributed by atoms with Crippen LogP contribution >= 0.6 is 22.9 Å². The van der Waals surface area contributed by atoms with E-state index in [0.717, 1.165) is 10.1 Å². The van der Waals surface area contributed by atoms with Crippen LogP contribution in [0.5, 0.6) is 0 Å². The Labute approximate surface area is 110 Å². The number of nitrogens with one attached hydrogen (secondary N) is 1. The van der Waals surface area contributed by atoms with Gasteiger partial charge in [-0.1, -0.05) is 4.49 Å². The van der Waals surface area contributed by atoms with Gasteiger partial charge in [-0.3, -0.25) is 4.79 Å². The molecular weight excluding hydrogens is 270 g/mol. The highest BCUT2D eigenvalue weighted by molar-refractivity contribution is 7.17. The summed E-state index contributed by atoms with van der Waals surface area (Å²) in [4.78, 5) is 12.2. The Kier molecular flexibility index (Phi) is 2.82. The van der Waals surface area contributed by atoms with Crippen LogP contribution in [0.25, 0.3) is 10.1 Å². The van der Waals surface area contributed by atoms with E-state index in [1.54, 1.807) is 22.1 Å². The lowest BCUT2D eigenvalue weighted by molar-refractivity contribution is 0.744. The van der Waals surface area contributed by atoms with Gasteiger partial charge in [0.2, 0.25) is 0 Å². The third-order valence-electron chi connectivity index (χ3n) is 2.60. The lowest BCUT2D eigenvalue weighted by Crippen LogP contribution is -2.20. The molecule has 0 bridgehead atoms. The summed E-state index contributed by atoms with van der Waals surface area (Å²) in [5.41, 5.74) is 3.17. The summed E-state index contributed by atoms with van der Waals surface area (Å²) in [6.45, 7) is 0.362. The van der Waals surface area contributed by atoms with Crippen molar-refractivity contribution in [3.63, 3.8) is 0 Å². The number of hydrazine groups is 1. The molecule has 0 aromatic carbocycles. The van der Waals surface area contributed by atoms with E-state index >= 15 is 0 Å². The summed E-state index contributed by atoms with van der Waals surface area (Å²) < 4.78 is 6.40. The van der Waals surface area contributed by atoms with Crippen LogP contribution in [-0.4, -0.2) is 14.2 Å². The van der Waals surface area contributed by atoms with Crippen LogP contribution < -0.4 is 16.8 Å². The van der Waals surface area contributed by atoms with E-state index in [1.807, 2.05) is 17.5 Å². The Morgan fingerprint density at radius 2 is 2.33 bits per heavy atom. The van der Waals surface area contributed by atoms with E-state index < -0.39 is 0 Å². The zero-order valence-corrected chi connectivity index (χ0v) is 10.8. The molecule has 0 saturated heterocycles. The largest absolute Gasteiger partial charge is 0.313 e. The SMILES string of the molecule is NNc1snnc1Cn1ccc2sccc2c1=O. The van der Waals surface area contributed by atoms with Crippen LogP contribution in [0.15, 0.2) is 28.5 Å². The minimum absolute atomic E-state index is 0.0234. The Morgan fingerprint density at radius 3 is 3.17 bits per heavy atom. The normalized spacial score (nSPS) is 10.9. The lowest BCUT2D eigenvalue weighted by Gasteiger charge is -2.04. The number of thiophene rings is 1. The quantitative estimate of drug-likeness (QED) is 0.556. The van der Waals surface area contributed by atoms with Crippen LogP contribution in [0, 0.1) is 0 Å². The van der Waals surface area contributed by atoms with Crippen LogP contribution in [0.3, 0.4) is 0 Å². The summed E-state index contributed by atoms with van der Waals surface area (Å²) in [5.74, 6) is 5.36. The number of nitrogen functional groups attached to an aromatic ring is 1. The molecule has 0 aliphatic carbocycles. The number of aromatic nitrogens is 3. The first kappa shape index (κ1) is 11.3. The number of rotatable bonds is 3. The van der Waals surface area contributed by atoms with Gasteiger partial charge in [-0.05, 0) is 17.5 Å². The molecule has 0 fully saturated rings. The van der Waals surface area contributed by atoms with Crippen molar-refractivity contribution < 1.29 is 0 Å². The number of fused-ring (bicyclic) bond motifs is 1. The molecule has 92 valence electrons. The monoisotopic (exact) mass is 279 g/mol. The van der Waals surface area contributed by atoms with Crippen molar-refractivity contribution >= 4 is 38.0 Å². The second-order valence-electron chi connectivity index (χ2n) is 3.64. The molecule has 3 N–H and O–H groups in total. The third kappa shape index (κ3) is 1.80. The number of anilines is 1. The molecule has 0 unspecified atom stereocenters. The highest BCUT2D eigenvalue weighted by Crippen LogP contribution is 2.19. The molecule has 0 aliphatic heterocycles. The van der Waals surface area contributed by atoms with Gasteiger partial charge in [0.05, 0.1) is 11.9 Å². The molecule has 3 aromatic rings. The van der Waals surface area contributed by atoms with Crippen molar-refractivity contribution in [1.82, 2.24) is 14.2 Å². The molecule has 0 saturated carbocycles. The van der Waals surface area contributed by atoms with E-state index in [4.69, 9.17) is 5.84 Å². The van der Waals surface area contributed by atoms with Crippen LogP contribution in [0.2, 0.25) is 0 Å². The highest BCUT2D eigenvalue weighted by Gasteiger charge is 2.10. The number of pyridine rings is 1. The van der Waals surface area contributed by atoms with Crippen molar-refractivity contribution in [3.05, 3.63) is 39.8 Å². The Bertz CT molecular complexity index is 744.